The molecule has 0 radical (unpaired) electrons. The summed E-state index contributed by atoms with van der Waals surface area (Å²) in [6.45, 7) is 1.87. The van der Waals surface area contributed by atoms with Gasteiger partial charge in [0.05, 0.1) is 6.42 Å². The highest BCUT2D eigenvalue weighted by molar-refractivity contribution is 6.30. The third-order valence-corrected chi connectivity index (χ3v) is 4.37. The molecule has 0 spiro atoms. The van der Waals surface area contributed by atoms with Gasteiger partial charge in [-0.05, 0) is 30.5 Å². The average molecular weight is 341 g/mol. The summed E-state index contributed by atoms with van der Waals surface area (Å²) < 4.78 is 5.45. The Kier molecular flexibility index (Phi) is 6.24. The summed E-state index contributed by atoms with van der Waals surface area (Å²) >= 11 is 5.95. The fourth-order valence-electron chi connectivity index (χ4n) is 2.73. The first-order valence-corrected chi connectivity index (χ1v) is 7.97. The molecule has 7 heteroatoms. The number of carbonyl (C=O) groups excluding carboxylic acids is 1. The van der Waals surface area contributed by atoms with Gasteiger partial charge >= 0.3 is 12.0 Å². The van der Waals surface area contributed by atoms with Gasteiger partial charge < -0.3 is 20.5 Å². The van der Waals surface area contributed by atoms with Crippen molar-refractivity contribution in [2.75, 3.05) is 26.3 Å². The van der Waals surface area contributed by atoms with Crippen molar-refractivity contribution in [3.05, 3.63) is 34.9 Å². The maximum Gasteiger partial charge on any atom is 0.314 e. The smallest absolute Gasteiger partial charge is 0.314 e. The van der Waals surface area contributed by atoms with Gasteiger partial charge in [0, 0.05) is 36.7 Å². The first-order chi connectivity index (χ1) is 11.0. The van der Waals surface area contributed by atoms with Gasteiger partial charge in [0.25, 0.3) is 0 Å². The minimum Gasteiger partial charge on any atom is -0.481 e. The molecule has 0 atom stereocenters. The molecule has 3 N–H and O–H groups in total. The summed E-state index contributed by atoms with van der Waals surface area (Å²) in [7, 11) is 0. The normalized spacial score (nSPS) is 16.6. The van der Waals surface area contributed by atoms with Crippen LogP contribution in [0.2, 0.25) is 5.02 Å². The average Bonchev–Trinajstić information content (AvgIpc) is 2.54. The Morgan fingerprint density at radius 2 is 1.83 bits per heavy atom. The zero-order chi connectivity index (χ0) is 16.7. The molecular weight excluding hydrogens is 320 g/mol. The van der Waals surface area contributed by atoms with Crippen molar-refractivity contribution in [3.63, 3.8) is 0 Å². The van der Waals surface area contributed by atoms with Gasteiger partial charge in [0.15, 0.2) is 0 Å². The van der Waals surface area contributed by atoms with E-state index in [1.54, 1.807) is 0 Å². The molecule has 126 valence electrons. The fraction of sp³-hybridized carbons (Fsp3) is 0.500. The molecule has 2 amide bonds. The summed E-state index contributed by atoms with van der Waals surface area (Å²) in [4.78, 5) is 22.3. The summed E-state index contributed by atoms with van der Waals surface area (Å²) in [6, 6.07) is 7.31. The number of rotatable bonds is 6. The van der Waals surface area contributed by atoms with Gasteiger partial charge in [-0.25, -0.2) is 4.79 Å². The van der Waals surface area contributed by atoms with Gasteiger partial charge in [-0.3, -0.25) is 4.79 Å². The second-order valence-electron chi connectivity index (χ2n) is 5.65. The molecule has 1 aliphatic heterocycles. The summed E-state index contributed by atoms with van der Waals surface area (Å²) in [6.07, 6.45) is 1.53. The lowest BCUT2D eigenvalue weighted by molar-refractivity contribution is -0.136. The van der Waals surface area contributed by atoms with Crippen LogP contribution in [0.25, 0.3) is 0 Å². The number of carboxylic acid groups (broad SMARTS) is 1. The molecule has 0 unspecified atom stereocenters. The Morgan fingerprint density at radius 3 is 2.43 bits per heavy atom. The maximum absolute atomic E-state index is 11.8. The van der Waals surface area contributed by atoms with E-state index in [-0.39, 0.29) is 24.4 Å². The van der Waals surface area contributed by atoms with Crippen molar-refractivity contribution in [3.8, 4) is 0 Å². The highest BCUT2D eigenvalue weighted by Gasteiger charge is 2.34. The van der Waals surface area contributed by atoms with Crippen molar-refractivity contribution in [1.29, 1.82) is 0 Å². The Labute approximate surface area is 140 Å². The standard InChI is InChI=1S/C16H21ClN2O4/c17-13-3-1-12(2-4-13)16(6-9-23-10-7-16)11-19-15(22)18-8-5-14(20)21/h1-4H,5-11H2,(H,20,21)(H2,18,19,22). The number of ether oxygens (including phenoxy) is 1. The first-order valence-electron chi connectivity index (χ1n) is 7.59. The highest BCUT2D eigenvalue weighted by atomic mass is 35.5. The predicted molar refractivity (Wildman–Crippen MR) is 86.8 cm³/mol. The zero-order valence-corrected chi connectivity index (χ0v) is 13.6. The largest absolute Gasteiger partial charge is 0.481 e. The molecule has 0 aromatic heterocycles. The van der Waals surface area contributed by atoms with Crippen molar-refractivity contribution < 1.29 is 19.4 Å². The number of benzene rings is 1. The molecule has 1 saturated heterocycles. The number of nitrogens with one attached hydrogen (secondary N) is 2. The van der Waals surface area contributed by atoms with E-state index >= 15 is 0 Å². The molecule has 0 aliphatic carbocycles. The van der Waals surface area contributed by atoms with Gasteiger partial charge in [0.2, 0.25) is 0 Å². The summed E-state index contributed by atoms with van der Waals surface area (Å²) in [5.41, 5.74) is 0.934. The second-order valence-corrected chi connectivity index (χ2v) is 6.09. The lowest BCUT2D eigenvalue weighted by atomic mass is 9.74. The maximum atomic E-state index is 11.8. The van der Waals surface area contributed by atoms with Crippen LogP contribution in [0, 0.1) is 0 Å². The number of urea groups is 1. The van der Waals surface area contributed by atoms with Crippen LogP contribution in [-0.4, -0.2) is 43.4 Å². The van der Waals surface area contributed by atoms with Crippen LogP contribution in [-0.2, 0) is 14.9 Å². The number of hydrogen-bond donors (Lipinski definition) is 3. The van der Waals surface area contributed by atoms with E-state index in [9.17, 15) is 9.59 Å². The third kappa shape index (κ3) is 5.11. The second kappa shape index (κ2) is 8.17. The SMILES string of the molecule is O=C(O)CCNC(=O)NCC1(c2ccc(Cl)cc2)CCOCC1. The molecule has 6 nitrogen and oxygen atoms in total. The van der Waals surface area contributed by atoms with Crippen molar-refractivity contribution in [1.82, 2.24) is 10.6 Å². The van der Waals surface area contributed by atoms with Gasteiger partial charge in [0.1, 0.15) is 0 Å². The van der Waals surface area contributed by atoms with Crippen LogP contribution in [0.5, 0.6) is 0 Å². The lowest BCUT2D eigenvalue weighted by Gasteiger charge is -2.38. The van der Waals surface area contributed by atoms with E-state index in [2.05, 4.69) is 10.6 Å². The first kappa shape index (κ1) is 17.6. The van der Waals surface area contributed by atoms with Crippen LogP contribution < -0.4 is 10.6 Å². The molecule has 1 aliphatic rings. The molecule has 2 rings (SSSR count). The van der Waals surface area contributed by atoms with Crippen LogP contribution in [0.3, 0.4) is 0 Å². The molecule has 0 bridgehead atoms. The van der Waals surface area contributed by atoms with E-state index < -0.39 is 5.97 Å². The van der Waals surface area contributed by atoms with Crippen molar-refractivity contribution in [2.24, 2.45) is 0 Å². The number of carbonyl (C=O) groups is 2. The topological polar surface area (TPSA) is 87.7 Å². The van der Waals surface area contributed by atoms with Gasteiger partial charge in [-0.2, -0.15) is 0 Å². The number of halogens is 1. The van der Waals surface area contributed by atoms with Crippen molar-refractivity contribution >= 4 is 23.6 Å². The minimum atomic E-state index is -0.938. The molecule has 0 saturated carbocycles. The van der Waals surface area contributed by atoms with Gasteiger partial charge in [-0.1, -0.05) is 23.7 Å². The van der Waals surface area contributed by atoms with E-state index in [0.717, 1.165) is 18.4 Å². The van der Waals surface area contributed by atoms with E-state index in [0.29, 0.717) is 24.8 Å². The minimum absolute atomic E-state index is 0.0937. The van der Waals surface area contributed by atoms with Crippen LogP contribution >= 0.6 is 11.6 Å². The van der Waals surface area contributed by atoms with E-state index in [4.69, 9.17) is 21.4 Å². The Bertz CT molecular complexity index is 542. The Morgan fingerprint density at radius 1 is 1.17 bits per heavy atom. The Balaban J connectivity index is 1.97. The molecule has 1 fully saturated rings. The summed E-state index contributed by atoms with van der Waals surface area (Å²) in [5.74, 6) is -0.938. The van der Waals surface area contributed by atoms with E-state index in [1.165, 1.54) is 0 Å². The number of aliphatic carboxylic acids is 1. The van der Waals surface area contributed by atoms with Gasteiger partial charge in [-0.15, -0.1) is 0 Å². The van der Waals surface area contributed by atoms with Crippen LogP contribution in [0.4, 0.5) is 4.79 Å². The molecule has 1 aromatic rings. The number of hydrogen-bond acceptors (Lipinski definition) is 3. The molecule has 1 heterocycles. The molecule has 23 heavy (non-hydrogen) atoms. The van der Waals surface area contributed by atoms with Crippen molar-refractivity contribution in [2.45, 2.75) is 24.7 Å². The summed E-state index contributed by atoms with van der Waals surface area (Å²) in [5, 5.41) is 14.6. The third-order valence-electron chi connectivity index (χ3n) is 4.12. The monoisotopic (exact) mass is 340 g/mol. The zero-order valence-electron chi connectivity index (χ0n) is 12.8. The van der Waals surface area contributed by atoms with Crippen LogP contribution in [0.1, 0.15) is 24.8 Å². The predicted octanol–water partition coefficient (Wildman–Crippen LogP) is 2.16. The number of carboxylic acids is 1. The Hall–Kier alpha value is -1.79. The van der Waals surface area contributed by atoms with Crippen LogP contribution in [0.15, 0.2) is 24.3 Å². The lowest BCUT2D eigenvalue weighted by Crippen LogP contribution is -2.47. The molecule has 1 aromatic carbocycles. The quantitative estimate of drug-likeness (QED) is 0.740. The highest BCUT2D eigenvalue weighted by Crippen LogP contribution is 2.34. The number of amides is 2. The van der Waals surface area contributed by atoms with E-state index in [1.807, 2.05) is 24.3 Å². The fourth-order valence-corrected chi connectivity index (χ4v) is 2.85. The molecular formula is C16H21ClN2O4.